The van der Waals surface area contributed by atoms with Crippen molar-refractivity contribution in [2.75, 3.05) is 20.8 Å². The van der Waals surface area contributed by atoms with E-state index in [2.05, 4.69) is 5.16 Å². The number of fused-ring (bicyclic) bond motifs is 1. The van der Waals surface area contributed by atoms with Gasteiger partial charge in [-0.1, -0.05) is 11.2 Å². The van der Waals surface area contributed by atoms with Crippen LogP contribution in [0.1, 0.15) is 50.3 Å². The molecule has 3 heterocycles. The normalized spacial score (nSPS) is 15.7. The number of hydrogen-bond donors (Lipinski definition) is 0. The zero-order valence-corrected chi connectivity index (χ0v) is 18.5. The highest BCUT2D eigenvalue weighted by molar-refractivity contribution is 7.12. The van der Waals surface area contributed by atoms with Crippen molar-refractivity contribution in [2.24, 2.45) is 0 Å². The van der Waals surface area contributed by atoms with E-state index >= 15 is 0 Å². The first kappa shape index (κ1) is 20.5. The predicted octanol–water partition coefficient (Wildman–Crippen LogP) is 4.74. The second-order valence-corrected chi connectivity index (χ2v) is 8.44. The average molecular weight is 427 g/mol. The van der Waals surface area contributed by atoms with Crippen LogP contribution in [-0.4, -0.2) is 36.7 Å². The van der Waals surface area contributed by atoms with Crippen LogP contribution in [-0.2, 0) is 12.8 Å². The highest BCUT2D eigenvalue weighted by Crippen LogP contribution is 2.41. The lowest BCUT2D eigenvalue weighted by molar-refractivity contribution is 0.0655. The van der Waals surface area contributed by atoms with Crippen LogP contribution in [0.25, 0.3) is 0 Å². The smallest absolute Gasteiger partial charge is 0.264 e. The molecule has 0 N–H and O–H groups in total. The lowest BCUT2D eigenvalue weighted by atomic mass is 9.88. The Hall–Kier alpha value is -2.80. The van der Waals surface area contributed by atoms with Crippen molar-refractivity contribution in [1.29, 1.82) is 0 Å². The molecule has 1 aromatic carbocycles. The van der Waals surface area contributed by atoms with Gasteiger partial charge in [-0.25, -0.2) is 0 Å². The fraction of sp³-hybridized carbons (Fsp3) is 0.391. The highest BCUT2D eigenvalue weighted by atomic mass is 32.1. The molecule has 158 valence electrons. The molecule has 1 unspecified atom stereocenters. The summed E-state index contributed by atoms with van der Waals surface area (Å²) >= 11 is 1.48. The van der Waals surface area contributed by atoms with Gasteiger partial charge in [0, 0.05) is 12.1 Å². The van der Waals surface area contributed by atoms with Crippen LogP contribution >= 0.6 is 11.3 Å². The molecule has 1 amide bonds. The van der Waals surface area contributed by atoms with Gasteiger partial charge >= 0.3 is 0 Å². The molecule has 0 saturated heterocycles. The van der Waals surface area contributed by atoms with Gasteiger partial charge in [-0.05, 0) is 67.8 Å². The van der Waals surface area contributed by atoms with Crippen LogP contribution in [0.3, 0.4) is 0 Å². The number of aromatic nitrogens is 1. The molecule has 1 atom stereocenters. The topological polar surface area (TPSA) is 64.8 Å². The molecule has 6 nitrogen and oxygen atoms in total. The summed E-state index contributed by atoms with van der Waals surface area (Å²) < 4.78 is 16.4. The standard InChI is InChI=1S/C23H26N2O4S/c1-14-17(15(2)29-24-14)7-8-19-18-13-21(28-4)20(27-3)12-16(18)9-10-25(19)23(26)22-6-5-11-30-22/h5-6,11-13,19H,7-10H2,1-4H3. The van der Waals surface area contributed by atoms with Crippen molar-refractivity contribution in [2.45, 2.75) is 39.2 Å². The van der Waals surface area contributed by atoms with E-state index in [1.165, 1.54) is 16.9 Å². The molecule has 7 heteroatoms. The summed E-state index contributed by atoms with van der Waals surface area (Å²) in [6.45, 7) is 4.57. The third-order valence-electron chi connectivity index (χ3n) is 5.84. The van der Waals surface area contributed by atoms with Gasteiger partial charge in [0.25, 0.3) is 5.91 Å². The molecular formula is C23H26N2O4S. The van der Waals surface area contributed by atoms with Crippen molar-refractivity contribution < 1.29 is 18.8 Å². The van der Waals surface area contributed by atoms with E-state index in [0.29, 0.717) is 12.3 Å². The summed E-state index contributed by atoms with van der Waals surface area (Å²) in [6, 6.07) is 7.83. The fourth-order valence-corrected chi connectivity index (χ4v) is 4.94. The monoisotopic (exact) mass is 426 g/mol. The number of hydrogen-bond acceptors (Lipinski definition) is 6. The van der Waals surface area contributed by atoms with Gasteiger partial charge in [-0.15, -0.1) is 11.3 Å². The largest absolute Gasteiger partial charge is 0.493 e. The van der Waals surface area contributed by atoms with Gasteiger partial charge in [0.05, 0.1) is 30.8 Å². The van der Waals surface area contributed by atoms with E-state index in [1.54, 1.807) is 14.2 Å². The molecule has 2 aromatic heterocycles. The number of amides is 1. The molecule has 30 heavy (non-hydrogen) atoms. The van der Waals surface area contributed by atoms with Crippen LogP contribution in [0.5, 0.6) is 11.5 Å². The van der Waals surface area contributed by atoms with Crippen molar-refractivity contribution in [3.05, 3.63) is 62.7 Å². The molecule has 0 fully saturated rings. The SMILES string of the molecule is COc1cc2c(cc1OC)C(CCc1c(C)noc1C)N(C(=O)c1cccs1)CC2. The lowest BCUT2D eigenvalue weighted by Crippen LogP contribution is -2.40. The maximum absolute atomic E-state index is 13.3. The second-order valence-electron chi connectivity index (χ2n) is 7.49. The number of nitrogens with zero attached hydrogens (tertiary/aromatic N) is 2. The Labute approximate surface area is 180 Å². The predicted molar refractivity (Wildman–Crippen MR) is 116 cm³/mol. The molecule has 1 aliphatic heterocycles. The molecule has 0 radical (unpaired) electrons. The third kappa shape index (κ3) is 3.69. The number of aryl methyl sites for hydroxylation is 2. The molecule has 0 spiro atoms. The number of benzene rings is 1. The van der Waals surface area contributed by atoms with Crippen LogP contribution in [0.2, 0.25) is 0 Å². The van der Waals surface area contributed by atoms with E-state index in [9.17, 15) is 4.79 Å². The Morgan fingerprint density at radius 3 is 2.67 bits per heavy atom. The minimum Gasteiger partial charge on any atom is -0.493 e. The molecule has 0 aliphatic carbocycles. The van der Waals surface area contributed by atoms with E-state index < -0.39 is 0 Å². The van der Waals surface area contributed by atoms with Gasteiger partial charge in [0.2, 0.25) is 0 Å². The van der Waals surface area contributed by atoms with Crippen LogP contribution in [0.15, 0.2) is 34.2 Å². The van der Waals surface area contributed by atoms with Crippen LogP contribution in [0.4, 0.5) is 0 Å². The molecule has 1 aliphatic rings. The summed E-state index contributed by atoms with van der Waals surface area (Å²) in [5.74, 6) is 2.32. The quantitative estimate of drug-likeness (QED) is 0.569. The van der Waals surface area contributed by atoms with Gasteiger partial charge in [-0.3, -0.25) is 4.79 Å². The molecule has 3 aromatic rings. The first-order chi connectivity index (χ1) is 14.5. The van der Waals surface area contributed by atoms with Gasteiger partial charge in [0.15, 0.2) is 11.5 Å². The Morgan fingerprint density at radius 2 is 2.03 bits per heavy atom. The molecule has 0 saturated carbocycles. The maximum atomic E-state index is 13.3. The van der Waals surface area contributed by atoms with Crippen LogP contribution in [0, 0.1) is 13.8 Å². The highest BCUT2D eigenvalue weighted by Gasteiger charge is 2.33. The maximum Gasteiger partial charge on any atom is 0.264 e. The summed E-state index contributed by atoms with van der Waals surface area (Å²) in [6.07, 6.45) is 2.35. The third-order valence-corrected chi connectivity index (χ3v) is 6.70. The summed E-state index contributed by atoms with van der Waals surface area (Å²) in [5, 5.41) is 6.02. The molecule has 0 bridgehead atoms. The lowest BCUT2D eigenvalue weighted by Gasteiger charge is -2.38. The van der Waals surface area contributed by atoms with E-state index in [0.717, 1.165) is 52.5 Å². The van der Waals surface area contributed by atoms with Gasteiger partial charge < -0.3 is 18.9 Å². The minimum atomic E-state index is -0.0585. The summed E-state index contributed by atoms with van der Waals surface area (Å²) in [5.41, 5.74) is 4.35. The Kier molecular flexibility index (Phi) is 5.81. The Morgan fingerprint density at radius 1 is 1.27 bits per heavy atom. The molecular weight excluding hydrogens is 400 g/mol. The van der Waals surface area contributed by atoms with Crippen LogP contribution < -0.4 is 9.47 Å². The van der Waals surface area contributed by atoms with E-state index in [1.807, 2.05) is 48.4 Å². The fourth-order valence-electron chi connectivity index (χ4n) is 4.26. The van der Waals surface area contributed by atoms with Crippen molar-refractivity contribution >= 4 is 17.2 Å². The van der Waals surface area contributed by atoms with E-state index in [4.69, 9.17) is 14.0 Å². The average Bonchev–Trinajstić information content (AvgIpc) is 3.41. The van der Waals surface area contributed by atoms with Crippen molar-refractivity contribution in [3.8, 4) is 11.5 Å². The number of ether oxygens (including phenoxy) is 2. The first-order valence-electron chi connectivity index (χ1n) is 10.0. The number of thiophene rings is 1. The number of carbonyl (C=O) groups excluding carboxylic acids is 1. The molecule has 4 rings (SSSR count). The zero-order valence-electron chi connectivity index (χ0n) is 17.7. The van der Waals surface area contributed by atoms with Gasteiger partial charge in [-0.2, -0.15) is 0 Å². The van der Waals surface area contributed by atoms with Crippen molar-refractivity contribution in [1.82, 2.24) is 10.1 Å². The first-order valence-corrected chi connectivity index (χ1v) is 10.9. The van der Waals surface area contributed by atoms with Gasteiger partial charge in [0.1, 0.15) is 5.76 Å². The number of rotatable bonds is 6. The van der Waals surface area contributed by atoms with Crippen molar-refractivity contribution in [3.63, 3.8) is 0 Å². The summed E-state index contributed by atoms with van der Waals surface area (Å²) in [7, 11) is 3.29. The second kappa shape index (κ2) is 8.52. The number of methoxy groups -OCH3 is 2. The Bertz CT molecular complexity index is 1020. The Balaban J connectivity index is 1.72. The van der Waals surface area contributed by atoms with E-state index in [-0.39, 0.29) is 11.9 Å². The summed E-state index contributed by atoms with van der Waals surface area (Å²) in [4.78, 5) is 16.1. The number of carbonyl (C=O) groups is 1. The minimum absolute atomic E-state index is 0.0585. The zero-order chi connectivity index (χ0) is 21.3.